The van der Waals surface area contributed by atoms with Gasteiger partial charge >= 0.3 is 0 Å². The molecule has 3 N–H and O–H groups in total. The Bertz CT molecular complexity index is 1200. The van der Waals surface area contributed by atoms with Crippen molar-refractivity contribution < 1.29 is 14.7 Å². The van der Waals surface area contributed by atoms with Gasteiger partial charge in [-0.05, 0) is 36.6 Å². The quantitative estimate of drug-likeness (QED) is 0.451. The maximum Gasteiger partial charge on any atom is 0.273 e. The van der Waals surface area contributed by atoms with Gasteiger partial charge in [0.15, 0.2) is 5.65 Å². The SMILES string of the molecule is Cc1cc(C(=O)NNC(=O)c2ccccc2O)c2cnn(Cc3cccs3)c2n1. The minimum absolute atomic E-state index is 0.0626. The van der Waals surface area contributed by atoms with Crippen molar-refractivity contribution in [2.24, 2.45) is 0 Å². The summed E-state index contributed by atoms with van der Waals surface area (Å²) in [6.07, 6.45) is 1.59. The highest BCUT2D eigenvalue weighted by Crippen LogP contribution is 2.20. The average molecular weight is 407 g/mol. The minimum Gasteiger partial charge on any atom is -0.507 e. The van der Waals surface area contributed by atoms with Crippen molar-refractivity contribution in [3.63, 3.8) is 0 Å². The van der Waals surface area contributed by atoms with Crippen molar-refractivity contribution in [1.29, 1.82) is 0 Å². The Labute approximate surface area is 169 Å². The second kappa shape index (κ2) is 7.72. The lowest BCUT2D eigenvalue weighted by Gasteiger charge is -2.10. The number of nitrogens with zero attached hydrogens (tertiary/aromatic N) is 3. The fourth-order valence-corrected chi connectivity index (χ4v) is 3.63. The molecule has 146 valence electrons. The zero-order valence-corrected chi connectivity index (χ0v) is 16.2. The molecule has 0 bridgehead atoms. The van der Waals surface area contributed by atoms with Crippen LogP contribution in [0.4, 0.5) is 0 Å². The van der Waals surface area contributed by atoms with Gasteiger partial charge in [-0.3, -0.25) is 20.4 Å². The van der Waals surface area contributed by atoms with Crippen molar-refractivity contribution in [3.05, 3.63) is 75.7 Å². The average Bonchev–Trinajstić information content (AvgIpc) is 3.36. The van der Waals surface area contributed by atoms with Crippen LogP contribution in [0.5, 0.6) is 5.75 Å². The van der Waals surface area contributed by atoms with Gasteiger partial charge in [-0.2, -0.15) is 5.10 Å². The number of pyridine rings is 1. The molecule has 0 saturated carbocycles. The Hall–Kier alpha value is -3.72. The Balaban J connectivity index is 1.57. The smallest absolute Gasteiger partial charge is 0.273 e. The fourth-order valence-electron chi connectivity index (χ4n) is 2.94. The normalized spacial score (nSPS) is 10.8. The standard InChI is InChI=1S/C20H17N5O3S/c1-12-9-15(20(28)24-23-19(27)14-6-2-3-7-17(14)26)16-10-21-25(18(16)22-12)11-13-5-4-8-29-13/h2-10,26H,11H2,1H3,(H,23,27)(H,24,28). The highest BCUT2D eigenvalue weighted by atomic mass is 32.1. The highest BCUT2D eigenvalue weighted by molar-refractivity contribution is 7.09. The predicted octanol–water partition coefficient (Wildman–Crippen LogP) is 2.63. The van der Waals surface area contributed by atoms with Gasteiger partial charge in [0.05, 0.1) is 29.3 Å². The van der Waals surface area contributed by atoms with E-state index in [4.69, 9.17) is 0 Å². The molecule has 1 aromatic carbocycles. The lowest BCUT2D eigenvalue weighted by molar-refractivity contribution is 0.0846. The van der Waals surface area contributed by atoms with Gasteiger partial charge in [-0.15, -0.1) is 11.3 Å². The fraction of sp³-hybridized carbons (Fsp3) is 0.100. The van der Waals surface area contributed by atoms with Crippen molar-refractivity contribution >= 4 is 34.2 Å². The molecular formula is C20H17N5O3S. The molecule has 0 aliphatic rings. The van der Waals surface area contributed by atoms with E-state index in [1.54, 1.807) is 47.3 Å². The van der Waals surface area contributed by atoms with E-state index in [2.05, 4.69) is 20.9 Å². The first-order valence-electron chi connectivity index (χ1n) is 8.77. The van der Waals surface area contributed by atoms with E-state index >= 15 is 0 Å². The number of phenols is 1. The highest BCUT2D eigenvalue weighted by Gasteiger charge is 2.17. The third-order valence-corrected chi connectivity index (χ3v) is 5.17. The Morgan fingerprint density at radius 3 is 2.59 bits per heavy atom. The topological polar surface area (TPSA) is 109 Å². The van der Waals surface area contributed by atoms with E-state index in [1.165, 1.54) is 12.1 Å². The van der Waals surface area contributed by atoms with E-state index in [0.717, 1.165) is 4.88 Å². The number of aromatic nitrogens is 3. The van der Waals surface area contributed by atoms with E-state index in [-0.39, 0.29) is 11.3 Å². The van der Waals surface area contributed by atoms with Crippen molar-refractivity contribution in [2.45, 2.75) is 13.5 Å². The largest absolute Gasteiger partial charge is 0.507 e. The van der Waals surface area contributed by atoms with Gasteiger partial charge in [-0.25, -0.2) is 9.67 Å². The molecular weight excluding hydrogens is 390 g/mol. The molecule has 3 heterocycles. The summed E-state index contributed by atoms with van der Waals surface area (Å²) < 4.78 is 1.74. The summed E-state index contributed by atoms with van der Waals surface area (Å²) >= 11 is 1.62. The molecule has 0 aliphatic carbocycles. The number of carbonyl (C=O) groups excluding carboxylic acids is 2. The summed E-state index contributed by atoms with van der Waals surface area (Å²) in [6.45, 7) is 2.35. The maximum atomic E-state index is 12.7. The van der Waals surface area contributed by atoms with Crippen LogP contribution < -0.4 is 10.9 Å². The summed E-state index contributed by atoms with van der Waals surface area (Å²) in [5, 5.41) is 16.7. The third kappa shape index (κ3) is 3.81. The molecule has 0 saturated heterocycles. The summed E-state index contributed by atoms with van der Waals surface area (Å²) in [7, 11) is 0. The number of fused-ring (bicyclic) bond motifs is 1. The Kier molecular flexibility index (Phi) is 4.96. The van der Waals surface area contributed by atoms with Gasteiger partial charge in [0.25, 0.3) is 11.8 Å². The number of carbonyl (C=O) groups is 2. The predicted molar refractivity (Wildman–Crippen MR) is 109 cm³/mol. The van der Waals surface area contributed by atoms with Gasteiger partial charge in [0.2, 0.25) is 0 Å². The summed E-state index contributed by atoms with van der Waals surface area (Å²) in [6, 6.07) is 11.7. The number of aromatic hydroxyl groups is 1. The second-order valence-electron chi connectivity index (χ2n) is 6.36. The molecule has 9 heteroatoms. The zero-order valence-electron chi connectivity index (χ0n) is 15.4. The minimum atomic E-state index is -0.619. The molecule has 0 fully saturated rings. The zero-order chi connectivity index (χ0) is 20.4. The summed E-state index contributed by atoms with van der Waals surface area (Å²) in [4.78, 5) is 30.5. The number of rotatable bonds is 4. The first-order chi connectivity index (χ1) is 14.0. The maximum absolute atomic E-state index is 12.7. The molecule has 29 heavy (non-hydrogen) atoms. The van der Waals surface area contributed by atoms with E-state index < -0.39 is 11.8 Å². The number of phenolic OH excluding ortho intramolecular Hbond substituents is 1. The second-order valence-corrected chi connectivity index (χ2v) is 7.39. The van der Waals surface area contributed by atoms with Crippen LogP contribution in [-0.2, 0) is 6.54 Å². The van der Waals surface area contributed by atoms with E-state index in [1.807, 2.05) is 17.5 Å². The number of nitrogens with one attached hydrogen (secondary N) is 2. The van der Waals surface area contributed by atoms with Crippen LogP contribution in [0.15, 0.2) is 54.0 Å². The molecule has 0 unspecified atom stereocenters. The third-order valence-electron chi connectivity index (χ3n) is 4.31. The van der Waals surface area contributed by atoms with E-state index in [0.29, 0.717) is 28.8 Å². The van der Waals surface area contributed by atoms with Crippen molar-refractivity contribution in [1.82, 2.24) is 25.6 Å². The van der Waals surface area contributed by atoms with Crippen LogP contribution in [0.1, 0.15) is 31.3 Å². The Morgan fingerprint density at radius 1 is 1.10 bits per heavy atom. The van der Waals surface area contributed by atoms with Crippen LogP contribution in [0.3, 0.4) is 0 Å². The van der Waals surface area contributed by atoms with Gasteiger partial charge in [0, 0.05) is 10.6 Å². The number of thiophene rings is 1. The Morgan fingerprint density at radius 2 is 1.86 bits per heavy atom. The molecule has 0 atom stereocenters. The molecule has 4 rings (SSSR count). The lowest BCUT2D eigenvalue weighted by atomic mass is 10.1. The van der Waals surface area contributed by atoms with Crippen molar-refractivity contribution in [3.8, 4) is 5.75 Å². The van der Waals surface area contributed by atoms with E-state index in [9.17, 15) is 14.7 Å². The monoisotopic (exact) mass is 407 g/mol. The number of hydrogen-bond donors (Lipinski definition) is 3. The number of aryl methyl sites for hydroxylation is 1. The first-order valence-corrected chi connectivity index (χ1v) is 9.65. The summed E-state index contributed by atoms with van der Waals surface area (Å²) in [5.74, 6) is -1.29. The molecule has 4 aromatic rings. The molecule has 8 nitrogen and oxygen atoms in total. The van der Waals surface area contributed by atoms with Gasteiger partial charge < -0.3 is 5.11 Å². The number of hydrazine groups is 1. The van der Waals surface area contributed by atoms with Crippen LogP contribution in [0.25, 0.3) is 11.0 Å². The molecule has 2 amide bonds. The molecule has 3 aromatic heterocycles. The van der Waals surface area contributed by atoms with Crippen LogP contribution >= 0.6 is 11.3 Å². The summed E-state index contributed by atoms with van der Waals surface area (Å²) in [5.41, 5.74) is 6.37. The number of amides is 2. The van der Waals surface area contributed by atoms with Crippen LogP contribution in [0.2, 0.25) is 0 Å². The van der Waals surface area contributed by atoms with Crippen molar-refractivity contribution in [2.75, 3.05) is 0 Å². The number of para-hydroxylation sites is 1. The number of benzene rings is 1. The van der Waals surface area contributed by atoms with Crippen LogP contribution in [-0.4, -0.2) is 31.7 Å². The first kappa shape index (κ1) is 18.6. The van der Waals surface area contributed by atoms with Gasteiger partial charge in [-0.1, -0.05) is 18.2 Å². The molecule has 0 spiro atoms. The van der Waals surface area contributed by atoms with Crippen LogP contribution in [0, 0.1) is 6.92 Å². The van der Waals surface area contributed by atoms with Gasteiger partial charge in [0.1, 0.15) is 5.75 Å². The number of hydrogen-bond acceptors (Lipinski definition) is 6. The lowest BCUT2D eigenvalue weighted by Crippen LogP contribution is -2.41. The molecule has 0 aliphatic heterocycles. The molecule has 0 radical (unpaired) electrons.